The van der Waals surface area contributed by atoms with Gasteiger partial charge in [-0.3, -0.25) is 0 Å². The lowest BCUT2D eigenvalue weighted by atomic mass is 10.1. The molecule has 0 saturated heterocycles. The molecule has 0 aliphatic heterocycles. The van der Waals surface area contributed by atoms with E-state index in [0.717, 1.165) is 17.1 Å². The third-order valence-electron chi connectivity index (χ3n) is 4.16. The fourth-order valence-electron chi connectivity index (χ4n) is 2.72. The monoisotopic (exact) mass is 335 g/mol. The lowest BCUT2D eigenvalue weighted by Gasteiger charge is -2.08. The fraction of sp³-hybridized carbons (Fsp3) is 0.650. The van der Waals surface area contributed by atoms with Crippen molar-refractivity contribution in [3.8, 4) is 5.75 Å². The highest BCUT2D eigenvalue weighted by Gasteiger charge is 1.99. The number of rotatable bonds is 13. The first kappa shape index (κ1) is 20.0. The van der Waals surface area contributed by atoms with Crippen LogP contribution in [-0.4, -0.2) is 10.1 Å². The molecule has 0 aromatic heterocycles. The van der Waals surface area contributed by atoms with Crippen molar-refractivity contribution in [3.05, 3.63) is 24.3 Å². The maximum atomic E-state index is 9.25. The number of aromatic hydroxyl groups is 1. The fourth-order valence-corrected chi connectivity index (χ4v) is 2.98. The molecule has 1 aromatic carbocycles. The molecular formula is C20H33NOS. The molecule has 0 radical (unpaired) electrons. The van der Waals surface area contributed by atoms with Crippen molar-refractivity contribution < 1.29 is 5.11 Å². The second kappa shape index (κ2) is 13.4. The van der Waals surface area contributed by atoms with Crippen molar-refractivity contribution in [2.75, 3.05) is 5.32 Å². The molecule has 0 amide bonds. The molecule has 0 aliphatic carbocycles. The summed E-state index contributed by atoms with van der Waals surface area (Å²) < 4.78 is 0. The highest BCUT2D eigenvalue weighted by molar-refractivity contribution is 7.80. The van der Waals surface area contributed by atoms with Gasteiger partial charge in [0.05, 0.1) is 4.99 Å². The van der Waals surface area contributed by atoms with E-state index in [0.29, 0.717) is 0 Å². The molecular weight excluding hydrogens is 302 g/mol. The second-order valence-electron chi connectivity index (χ2n) is 6.38. The molecule has 130 valence electrons. The molecule has 2 N–H and O–H groups in total. The molecule has 23 heavy (non-hydrogen) atoms. The summed E-state index contributed by atoms with van der Waals surface area (Å²) in [6.45, 7) is 2.27. The number of benzene rings is 1. The number of anilines is 1. The highest BCUT2D eigenvalue weighted by atomic mass is 32.1. The van der Waals surface area contributed by atoms with E-state index in [-0.39, 0.29) is 5.75 Å². The summed E-state index contributed by atoms with van der Waals surface area (Å²) >= 11 is 5.37. The minimum Gasteiger partial charge on any atom is -0.508 e. The molecule has 2 nitrogen and oxygen atoms in total. The third kappa shape index (κ3) is 11.1. The number of nitrogens with one attached hydrogen (secondary N) is 1. The van der Waals surface area contributed by atoms with Gasteiger partial charge in [0.2, 0.25) is 0 Å². The van der Waals surface area contributed by atoms with E-state index in [2.05, 4.69) is 12.2 Å². The SMILES string of the molecule is CCCCCCCCCCCCCC(=S)Nc1ccc(O)cc1. The van der Waals surface area contributed by atoms with Crippen LogP contribution in [-0.2, 0) is 0 Å². The standard InChI is InChI=1S/C20H33NOS/c1-2-3-4-5-6-7-8-9-10-11-12-13-20(23)21-18-14-16-19(22)17-15-18/h14-17,22H,2-13H2,1H3,(H,21,23). The lowest BCUT2D eigenvalue weighted by molar-refractivity contribution is 0.475. The summed E-state index contributed by atoms with van der Waals surface area (Å²) in [5.74, 6) is 0.284. The predicted octanol–water partition coefficient (Wildman–Crippen LogP) is 6.83. The Bertz CT molecular complexity index is 416. The second-order valence-corrected chi connectivity index (χ2v) is 6.87. The molecule has 0 fully saturated rings. The summed E-state index contributed by atoms with van der Waals surface area (Å²) in [5, 5.41) is 12.5. The van der Waals surface area contributed by atoms with Crippen LogP contribution in [0.1, 0.15) is 84.0 Å². The molecule has 0 aliphatic rings. The average Bonchev–Trinajstić information content (AvgIpc) is 2.55. The number of phenols is 1. The Labute approximate surface area is 147 Å². The lowest BCUT2D eigenvalue weighted by Crippen LogP contribution is -2.08. The van der Waals surface area contributed by atoms with Gasteiger partial charge in [0.15, 0.2) is 0 Å². The molecule has 0 atom stereocenters. The molecule has 3 heteroatoms. The van der Waals surface area contributed by atoms with Crippen LogP contribution in [0.2, 0.25) is 0 Å². The van der Waals surface area contributed by atoms with Gasteiger partial charge in [-0.15, -0.1) is 0 Å². The van der Waals surface area contributed by atoms with Crippen molar-refractivity contribution in [1.29, 1.82) is 0 Å². The number of hydrogen-bond acceptors (Lipinski definition) is 2. The Balaban J connectivity index is 1.90. The first-order valence-corrected chi connectivity index (χ1v) is 9.72. The summed E-state index contributed by atoms with van der Waals surface area (Å²) in [7, 11) is 0. The van der Waals surface area contributed by atoms with E-state index < -0.39 is 0 Å². The molecule has 0 heterocycles. The van der Waals surface area contributed by atoms with Crippen molar-refractivity contribution in [1.82, 2.24) is 0 Å². The van der Waals surface area contributed by atoms with Gasteiger partial charge in [0.1, 0.15) is 5.75 Å². The summed E-state index contributed by atoms with van der Waals surface area (Å²) in [4.78, 5) is 0.895. The summed E-state index contributed by atoms with van der Waals surface area (Å²) in [5.41, 5.74) is 0.955. The maximum absolute atomic E-state index is 9.25. The van der Waals surface area contributed by atoms with Crippen LogP contribution in [0.25, 0.3) is 0 Å². The zero-order chi connectivity index (χ0) is 16.8. The number of unbranched alkanes of at least 4 members (excludes halogenated alkanes) is 10. The molecule has 1 rings (SSSR count). The van der Waals surface area contributed by atoms with E-state index in [1.54, 1.807) is 12.1 Å². The van der Waals surface area contributed by atoms with Crippen LogP contribution >= 0.6 is 12.2 Å². The van der Waals surface area contributed by atoms with Crippen LogP contribution in [0.15, 0.2) is 24.3 Å². The van der Waals surface area contributed by atoms with Crippen LogP contribution in [0.3, 0.4) is 0 Å². The molecule has 0 unspecified atom stereocenters. The topological polar surface area (TPSA) is 32.3 Å². The first-order valence-electron chi connectivity index (χ1n) is 9.31. The van der Waals surface area contributed by atoms with Crippen LogP contribution in [0.4, 0.5) is 5.69 Å². The Morgan fingerprint density at radius 2 is 1.30 bits per heavy atom. The normalized spacial score (nSPS) is 10.7. The summed E-state index contributed by atoms with van der Waals surface area (Å²) in [6, 6.07) is 7.05. The van der Waals surface area contributed by atoms with Crippen LogP contribution in [0.5, 0.6) is 5.75 Å². The molecule has 0 bridgehead atoms. The van der Waals surface area contributed by atoms with Gasteiger partial charge in [-0.1, -0.05) is 83.3 Å². The van der Waals surface area contributed by atoms with Gasteiger partial charge >= 0.3 is 0 Å². The molecule has 1 aromatic rings. The van der Waals surface area contributed by atoms with Crippen molar-refractivity contribution in [3.63, 3.8) is 0 Å². The smallest absolute Gasteiger partial charge is 0.115 e. The zero-order valence-electron chi connectivity index (χ0n) is 14.7. The Morgan fingerprint density at radius 3 is 1.83 bits per heavy atom. The van der Waals surface area contributed by atoms with Crippen molar-refractivity contribution in [2.45, 2.75) is 84.0 Å². The van der Waals surface area contributed by atoms with Gasteiger partial charge in [-0.05, 0) is 37.1 Å². The predicted molar refractivity (Wildman–Crippen MR) is 105 cm³/mol. The zero-order valence-corrected chi connectivity index (χ0v) is 15.5. The molecule has 0 spiro atoms. The Kier molecular flexibility index (Phi) is 11.6. The van der Waals surface area contributed by atoms with Gasteiger partial charge in [-0.25, -0.2) is 0 Å². The average molecular weight is 336 g/mol. The summed E-state index contributed by atoms with van der Waals surface area (Å²) in [6.07, 6.45) is 15.9. The van der Waals surface area contributed by atoms with Gasteiger partial charge in [0, 0.05) is 5.69 Å². The van der Waals surface area contributed by atoms with E-state index in [4.69, 9.17) is 12.2 Å². The van der Waals surface area contributed by atoms with Crippen molar-refractivity contribution >= 4 is 22.9 Å². The highest BCUT2D eigenvalue weighted by Crippen LogP contribution is 2.15. The molecule has 0 saturated carbocycles. The third-order valence-corrected chi connectivity index (χ3v) is 4.46. The van der Waals surface area contributed by atoms with E-state index >= 15 is 0 Å². The number of thiocarbonyl (C=S) groups is 1. The van der Waals surface area contributed by atoms with Crippen LogP contribution < -0.4 is 5.32 Å². The van der Waals surface area contributed by atoms with Crippen LogP contribution in [0, 0.1) is 0 Å². The minimum atomic E-state index is 0.284. The largest absolute Gasteiger partial charge is 0.508 e. The maximum Gasteiger partial charge on any atom is 0.115 e. The van der Waals surface area contributed by atoms with E-state index in [1.165, 1.54) is 70.6 Å². The first-order chi connectivity index (χ1) is 11.2. The number of hydrogen-bond donors (Lipinski definition) is 2. The minimum absolute atomic E-state index is 0.284. The van der Waals surface area contributed by atoms with E-state index in [1.807, 2.05) is 12.1 Å². The number of phenolic OH excluding ortho intramolecular Hbond substituents is 1. The van der Waals surface area contributed by atoms with Crippen molar-refractivity contribution in [2.24, 2.45) is 0 Å². The van der Waals surface area contributed by atoms with E-state index in [9.17, 15) is 5.11 Å². The quantitative estimate of drug-likeness (QED) is 0.235. The van der Waals surface area contributed by atoms with Gasteiger partial charge in [-0.2, -0.15) is 0 Å². The Hall–Kier alpha value is -1.09. The van der Waals surface area contributed by atoms with Gasteiger partial charge in [0.25, 0.3) is 0 Å². The van der Waals surface area contributed by atoms with Gasteiger partial charge < -0.3 is 10.4 Å². The Morgan fingerprint density at radius 1 is 0.826 bits per heavy atom.